The maximum atomic E-state index is 8.96. The lowest BCUT2D eigenvalue weighted by molar-refractivity contribution is 0.662. The Hall–Kier alpha value is -2.15. The first-order valence-electron chi connectivity index (χ1n) is 4.73. The molecule has 15 heavy (non-hydrogen) atoms. The van der Waals surface area contributed by atoms with Crippen molar-refractivity contribution in [3.05, 3.63) is 36.3 Å². The Morgan fingerprint density at radius 3 is 3.00 bits per heavy atom. The quantitative estimate of drug-likeness (QED) is 0.739. The Labute approximate surface area is 87.8 Å². The molecule has 0 spiro atoms. The van der Waals surface area contributed by atoms with Crippen molar-refractivity contribution in [1.82, 2.24) is 14.8 Å². The molecule has 0 radical (unpaired) electrons. The van der Waals surface area contributed by atoms with Gasteiger partial charge in [-0.1, -0.05) is 0 Å². The van der Waals surface area contributed by atoms with Crippen LogP contribution in [0.5, 0.6) is 0 Å². The largest absolute Gasteiger partial charge is 0.271 e. The van der Waals surface area contributed by atoms with E-state index in [0.29, 0.717) is 11.3 Å². The molecule has 0 aliphatic carbocycles. The average molecular weight is 198 g/mol. The first-order chi connectivity index (χ1) is 7.35. The molecule has 0 aliphatic rings. The predicted molar refractivity (Wildman–Crippen MR) is 55.8 cm³/mol. The van der Waals surface area contributed by atoms with Crippen molar-refractivity contribution >= 4 is 0 Å². The molecule has 4 nitrogen and oxygen atoms in total. The molecule has 0 bridgehead atoms. The highest BCUT2D eigenvalue weighted by atomic mass is 15.3. The summed E-state index contributed by atoms with van der Waals surface area (Å²) in [7, 11) is 0. The fourth-order valence-electron chi connectivity index (χ4n) is 1.38. The Kier molecular flexibility index (Phi) is 2.46. The van der Waals surface area contributed by atoms with Crippen LogP contribution < -0.4 is 0 Å². The molecule has 0 amide bonds. The maximum Gasteiger partial charge on any atom is 0.112 e. The van der Waals surface area contributed by atoms with Gasteiger partial charge in [0.25, 0.3) is 0 Å². The van der Waals surface area contributed by atoms with E-state index >= 15 is 0 Å². The fourth-order valence-corrected chi connectivity index (χ4v) is 1.38. The van der Waals surface area contributed by atoms with E-state index < -0.39 is 0 Å². The van der Waals surface area contributed by atoms with E-state index in [-0.39, 0.29) is 0 Å². The highest BCUT2D eigenvalue weighted by Crippen LogP contribution is 2.19. The van der Waals surface area contributed by atoms with Crippen LogP contribution in [0.3, 0.4) is 0 Å². The predicted octanol–water partition coefficient (Wildman–Crippen LogP) is 1.84. The van der Waals surface area contributed by atoms with Gasteiger partial charge in [-0.3, -0.25) is 9.67 Å². The van der Waals surface area contributed by atoms with Gasteiger partial charge in [-0.15, -0.1) is 0 Å². The second-order valence-corrected chi connectivity index (χ2v) is 3.10. The van der Waals surface area contributed by atoms with Gasteiger partial charge in [-0.2, -0.15) is 10.4 Å². The Morgan fingerprint density at radius 1 is 1.53 bits per heavy atom. The van der Waals surface area contributed by atoms with Crippen molar-refractivity contribution in [1.29, 1.82) is 5.26 Å². The van der Waals surface area contributed by atoms with Gasteiger partial charge in [-0.05, 0) is 19.1 Å². The standard InChI is InChI=1S/C11H10N4/c1-2-15-8-10(6-12)11(14-15)9-4-3-5-13-7-9/h3-5,7-8H,2H2,1H3. The van der Waals surface area contributed by atoms with Gasteiger partial charge in [-0.25, -0.2) is 0 Å². The van der Waals surface area contributed by atoms with Gasteiger partial charge in [0.2, 0.25) is 0 Å². The molecule has 0 aromatic carbocycles. The number of rotatable bonds is 2. The van der Waals surface area contributed by atoms with Crippen LogP contribution in [0.2, 0.25) is 0 Å². The van der Waals surface area contributed by atoms with Crippen LogP contribution in [0.1, 0.15) is 12.5 Å². The molecule has 4 heteroatoms. The van der Waals surface area contributed by atoms with Crippen LogP contribution in [-0.4, -0.2) is 14.8 Å². The Bertz CT molecular complexity index is 493. The molecule has 0 atom stereocenters. The number of hydrogen-bond donors (Lipinski definition) is 0. The number of hydrogen-bond acceptors (Lipinski definition) is 3. The van der Waals surface area contributed by atoms with Crippen molar-refractivity contribution in [2.24, 2.45) is 0 Å². The monoisotopic (exact) mass is 198 g/mol. The molecule has 0 N–H and O–H groups in total. The summed E-state index contributed by atoms with van der Waals surface area (Å²) in [6, 6.07) is 5.87. The molecule has 2 heterocycles. The number of nitrogens with zero attached hydrogens (tertiary/aromatic N) is 4. The molecule has 2 aromatic rings. The first kappa shape index (κ1) is 9.41. The first-order valence-corrected chi connectivity index (χ1v) is 4.73. The summed E-state index contributed by atoms with van der Waals surface area (Å²) >= 11 is 0. The van der Waals surface area contributed by atoms with Crippen molar-refractivity contribution < 1.29 is 0 Å². The van der Waals surface area contributed by atoms with E-state index in [1.54, 1.807) is 23.3 Å². The van der Waals surface area contributed by atoms with Crippen molar-refractivity contribution in [2.75, 3.05) is 0 Å². The van der Waals surface area contributed by atoms with Gasteiger partial charge in [0.05, 0.1) is 5.56 Å². The van der Waals surface area contributed by atoms with Crippen LogP contribution in [0, 0.1) is 11.3 Å². The fraction of sp³-hybridized carbons (Fsp3) is 0.182. The lowest BCUT2D eigenvalue weighted by atomic mass is 10.1. The average Bonchev–Trinajstić information content (AvgIpc) is 2.73. The second-order valence-electron chi connectivity index (χ2n) is 3.10. The third-order valence-electron chi connectivity index (χ3n) is 2.14. The van der Waals surface area contributed by atoms with Gasteiger partial charge in [0.15, 0.2) is 0 Å². The van der Waals surface area contributed by atoms with Crippen molar-refractivity contribution in [3.63, 3.8) is 0 Å². The summed E-state index contributed by atoms with van der Waals surface area (Å²) in [6.07, 6.45) is 5.16. The van der Waals surface area contributed by atoms with E-state index in [9.17, 15) is 0 Å². The van der Waals surface area contributed by atoms with Crippen LogP contribution in [0.15, 0.2) is 30.7 Å². The lowest BCUT2D eigenvalue weighted by Crippen LogP contribution is -1.93. The maximum absolute atomic E-state index is 8.96. The smallest absolute Gasteiger partial charge is 0.112 e. The molecule has 0 fully saturated rings. The van der Waals surface area contributed by atoms with Crippen LogP contribution in [0.4, 0.5) is 0 Å². The molecule has 0 saturated carbocycles. The van der Waals surface area contributed by atoms with Gasteiger partial charge in [0.1, 0.15) is 11.8 Å². The second kappa shape index (κ2) is 3.93. The summed E-state index contributed by atoms with van der Waals surface area (Å²) < 4.78 is 1.75. The number of aryl methyl sites for hydroxylation is 1. The zero-order chi connectivity index (χ0) is 10.7. The highest BCUT2D eigenvalue weighted by molar-refractivity contribution is 5.64. The van der Waals surface area contributed by atoms with Crippen molar-refractivity contribution in [3.8, 4) is 17.3 Å². The third kappa shape index (κ3) is 1.72. The van der Waals surface area contributed by atoms with Crippen LogP contribution in [0.25, 0.3) is 11.3 Å². The molecular formula is C11H10N4. The van der Waals surface area contributed by atoms with E-state index in [2.05, 4.69) is 16.2 Å². The van der Waals surface area contributed by atoms with Crippen LogP contribution >= 0.6 is 0 Å². The minimum atomic E-state index is 0.588. The van der Waals surface area contributed by atoms with Crippen molar-refractivity contribution in [2.45, 2.75) is 13.5 Å². The van der Waals surface area contributed by atoms with Crippen LogP contribution in [-0.2, 0) is 6.54 Å². The van der Waals surface area contributed by atoms with E-state index in [4.69, 9.17) is 5.26 Å². The van der Waals surface area contributed by atoms with Gasteiger partial charge in [0, 0.05) is 30.7 Å². The third-order valence-corrected chi connectivity index (χ3v) is 2.14. The van der Waals surface area contributed by atoms with Gasteiger partial charge < -0.3 is 0 Å². The van der Waals surface area contributed by atoms with E-state index in [0.717, 1.165) is 12.1 Å². The molecule has 2 aromatic heterocycles. The number of nitriles is 1. The number of aromatic nitrogens is 3. The summed E-state index contributed by atoms with van der Waals surface area (Å²) in [6.45, 7) is 2.75. The Morgan fingerprint density at radius 2 is 2.40 bits per heavy atom. The normalized spacial score (nSPS) is 9.87. The molecule has 0 aliphatic heterocycles. The molecule has 2 rings (SSSR count). The van der Waals surface area contributed by atoms with E-state index in [1.165, 1.54) is 0 Å². The summed E-state index contributed by atoms with van der Waals surface area (Å²) in [5.41, 5.74) is 2.17. The lowest BCUT2D eigenvalue weighted by Gasteiger charge is -1.95. The minimum absolute atomic E-state index is 0.588. The van der Waals surface area contributed by atoms with Gasteiger partial charge >= 0.3 is 0 Å². The minimum Gasteiger partial charge on any atom is -0.271 e. The molecule has 74 valence electrons. The topological polar surface area (TPSA) is 54.5 Å². The highest BCUT2D eigenvalue weighted by Gasteiger charge is 2.09. The molecular weight excluding hydrogens is 188 g/mol. The SMILES string of the molecule is CCn1cc(C#N)c(-c2cccnc2)n1. The van der Waals surface area contributed by atoms with E-state index in [1.807, 2.05) is 19.1 Å². The zero-order valence-corrected chi connectivity index (χ0v) is 8.38. The summed E-state index contributed by atoms with van der Waals surface area (Å²) in [5.74, 6) is 0. The zero-order valence-electron chi connectivity index (χ0n) is 8.38. The number of pyridine rings is 1. The Balaban J connectivity index is 2.53. The summed E-state index contributed by atoms with van der Waals surface area (Å²) in [5, 5.41) is 13.3. The molecule has 0 saturated heterocycles. The molecule has 0 unspecified atom stereocenters. The summed E-state index contributed by atoms with van der Waals surface area (Å²) in [4.78, 5) is 4.01.